The van der Waals surface area contributed by atoms with Crippen LogP contribution in [0.1, 0.15) is 38.8 Å². The van der Waals surface area contributed by atoms with Crippen LogP contribution < -0.4 is 10.6 Å². The second-order valence-corrected chi connectivity index (χ2v) is 6.21. The largest absolute Gasteiger partial charge is 0.375 e. The van der Waals surface area contributed by atoms with E-state index >= 15 is 0 Å². The predicted octanol–water partition coefficient (Wildman–Crippen LogP) is 3.47. The van der Waals surface area contributed by atoms with Crippen LogP contribution in [0.25, 0.3) is 0 Å². The van der Waals surface area contributed by atoms with Crippen molar-refractivity contribution in [2.24, 2.45) is 5.73 Å². The summed E-state index contributed by atoms with van der Waals surface area (Å²) in [5.74, 6) is 0. The first-order chi connectivity index (χ1) is 9.02. The number of morpholine rings is 1. The van der Waals surface area contributed by atoms with E-state index in [2.05, 4.69) is 52.9 Å². The zero-order chi connectivity index (χ0) is 14.0. The molecule has 3 nitrogen and oxygen atoms in total. The molecule has 2 rings (SSSR count). The fourth-order valence-electron chi connectivity index (χ4n) is 2.56. The molecular formula is C15H23BrN2O. The van der Waals surface area contributed by atoms with Crippen molar-refractivity contribution in [1.29, 1.82) is 0 Å². The zero-order valence-corrected chi connectivity index (χ0v) is 13.5. The van der Waals surface area contributed by atoms with Gasteiger partial charge in [-0.05, 0) is 38.0 Å². The molecule has 19 heavy (non-hydrogen) atoms. The lowest BCUT2D eigenvalue weighted by atomic mass is 10.1. The molecule has 0 aromatic heterocycles. The van der Waals surface area contributed by atoms with E-state index in [-0.39, 0.29) is 12.1 Å². The van der Waals surface area contributed by atoms with Gasteiger partial charge in [-0.1, -0.05) is 28.9 Å². The van der Waals surface area contributed by atoms with Crippen LogP contribution in [0, 0.1) is 0 Å². The van der Waals surface area contributed by atoms with Gasteiger partial charge in [0, 0.05) is 22.7 Å². The topological polar surface area (TPSA) is 38.5 Å². The van der Waals surface area contributed by atoms with Gasteiger partial charge in [-0.15, -0.1) is 0 Å². The van der Waals surface area contributed by atoms with E-state index in [1.807, 2.05) is 6.92 Å². The average Bonchev–Trinajstić information content (AvgIpc) is 2.38. The Hall–Kier alpha value is -0.580. The van der Waals surface area contributed by atoms with Crippen LogP contribution in [0.3, 0.4) is 0 Å². The molecule has 2 N–H and O–H groups in total. The fraction of sp³-hybridized carbons (Fsp3) is 0.600. The molecule has 2 unspecified atom stereocenters. The van der Waals surface area contributed by atoms with Gasteiger partial charge < -0.3 is 15.4 Å². The fourth-order valence-corrected chi connectivity index (χ4v) is 3.29. The number of ether oxygens (including phenoxy) is 1. The number of nitrogens with two attached hydrogens (primary N) is 1. The van der Waals surface area contributed by atoms with Crippen molar-refractivity contribution < 1.29 is 4.74 Å². The smallest absolute Gasteiger partial charge is 0.0723 e. The Labute approximate surface area is 124 Å². The molecule has 3 atom stereocenters. The quantitative estimate of drug-likeness (QED) is 0.924. The van der Waals surface area contributed by atoms with Crippen molar-refractivity contribution in [2.45, 2.75) is 45.4 Å². The number of anilines is 1. The number of rotatable bonds is 3. The molecule has 0 spiro atoms. The molecule has 1 aliphatic heterocycles. The third-order valence-corrected chi connectivity index (χ3v) is 4.43. The van der Waals surface area contributed by atoms with Crippen LogP contribution in [0.15, 0.2) is 22.7 Å². The Bertz CT molecular complexity index is 436. The van der Waals surface area contributed by atoms with Crippen molar-refractivity contribution in [3.05, 3.63) is 28.2 Å². The standard InChI is InChI=1S/C15H23BrN2O/c1-4-12-9-19-10(2)8-18(12)13-5-6-14(11(3)17)15(16)7-13/h5-7,10-12H,4,8-9,17H2,1-3H3/t10?,11-,12?/m0/s1. The molecule has 106 valence electrons. The second kappa shape index (κ2) is 6.25. The zero-order valence-electron chi connectivity index (χ0n) is 11.9. The molecule has 1 aromatic rings. The monoisotopic (exact) mass is 326 g/mol. The first-order valence-corrected chi connectivity index (χ1v) is 7.75. The summed E-state index contributed by atoms with van der Waals surface area (Å²) in [5, 5.41) is 0. The van der Waals surface area contributed by atoms with Gasteiger partial charge in [0.15, 0.2) is 0 Å². The lowest BCUT2D eigenvalue weighted by molar-refractivity contribution is 0.0299. The van der Waals surface area contributed by atoms with Crippen molar-refractivity contribution in [3.8, 4) is 0 Å². The highest BCUT2D eigenvalue weighted by atomic mass is 79.9. The molecule has 1 aliphatic rings. The van der Waals surface area contributed by atoms with E-state index in [9.17, 15) is 0 Å². The van der Waals surface area contributed by atoms with Gasteiger partial charge >= 0.3 is 0 Å². The normalized spacial score (nSPS) is 25.4. The first kappa shape index (κ1) is 14.8. The molecule has 1 fully saturated rings. The SMILES string of the molecule is CCC1COC(C)CN1c1ccc([C@H](C)N)c(Br)c1. The average molecular weight is 327 g/mol. The van der Waals surface area contributed by atoms with Crippen LogP contribution in [0.4, 0.5) is 5.69 Å². The van der Waals surface area contributed by atoms with Crippen LogP contribution >= 0.6 is 15.9 Å². The van der Waals surface area contributed by atoms with Gasteiger partial charge in [0.1, 0.15) is 0 Å². The molecule has 0 amide bonds. The highest BCUT2D eigenvalue weighted by Gasteiger charge is 2.26. The highest BCUT2D eigenvalue weighted by molar-refractivity contribution is 9.10. The Morgan fingerprint density at radius 1 is 1.53 bits per heavy atom. The molecule has 1 saturated heterocycles. The van der Waals surface area contributed by atoms with Gasteiger partial charge in [-0.3, -0.25) is 0 Å². The summed E-state index contributed by atoms with van der Waals surface area (Å²) in [6, 6.07) is 6.98. The van der Waals surface area contributed by atoms with E-state index in [1.54, 1.807) is 0 Å². The summed E-state index contributed by atoms with van der Waals surface area (Å²) in [7, 11) is 0. The Kier molecular flexibility index (Phi) is 4.87. The molecular weight excluding hydrogens is 304 g/mol. The Balaban J connectivity index is 2.26. The van der Waals surface area contributed by atoms with E-state index in [4.69, 9.17) is 10.5 Å². The van der Waals surface area contributed by atoms with Gasteiger partial charge in [0.25, 0.3) is 0 Å². The van der Waals surface area contributed by atoms with E-state index in [1.165, 1.54) is 5.69 Å². The van der Waals surface area contributed by atoms with E-state index in [0.717, 1.165) is 29.6 Å². The minimum absolute atomic E-state index is 0.0500. The maximum atomic E-state index is 5.95. The number of benzene rings is 1. The molecule has 0 bridgehead atoms. The number of hydrogen-bond acceptors (Lipinski definition) is 3. The summed E-state index contributed by atoms with van der Waals surface area (Å²) >= 11 is 3.63. The summed E-state index contributed by atoms with van der Waals surface area (Å²) in [4.78, 5) is 2.45. The van der Waals surface area contributed by atoms with Crippen LogP contribution in [-0.2, 0) is 4.74 Å². The summed E-state index contributed by atoms with van der Waals surface area (Å²) < 4.78 is 6.84. The lowest BCUT2D eigenvalue weighted by Gasteiger charge is -2.40. The van der Waals surface area contributed by atoms with Gasteiger partial charge in [0.05, 0.1) is 18.8 Å². The van der Waals surface area contributed by atoms with Crippen LogP contribution in [0.5, 0.6) is 0 Å². The summed E-state index contributed by atoms with van der Waals surface area (Å²) in [5.41, 5.74) is 8.35. The molecule has 4 heteroatoms. The van der Waals surface area contributed by atoms with Crippen molar-refractivity contribution in [3.63, 3.8) is 0 Å². The van der Waals surface area contributed by atoms with Crippen molar-refractivity contribution in [2.75, 3.05) is 18.1 Å². The first-order valence-electron chi connectivity index (χ1n) is 6.96. The molecule has 0 radical (unpaired) electrons. The van der Waals surface area contributed by atoms with Crippen LogP contribution in [-0.4, -0.2) is 25.3 Å². The van der Waals surface area contributed by atoms with Gasteiger partial charge in [0.2, 0.25) is 0 Å². The Morgan fingerprint density at radius 2 is 2.26 bits per heavy atom. The van der Waals surface area contributed by atoms with Crippen LogP contribution in [0.2, 0.25) is 0 Å². The third-order valence-electron chi connectivity index (χ3n) is 3.75. The minimum Gasteiger partial charge on any atom is -0.375 e. The minimum atomic E-state index is 0.0500. The van der Waals surface area contributed by atoms with Crippen molar-refractivity contribution >= 4 is 21.6 Å². The molecule has 1 heterocycles. The second-order valence-electron chi connectivity index (χ2n) is 5.35. The molecule has 1 aromatic carbocycles. The Morgan fingerprint density at radius 3 is 2.84 bits per heavy atom. The number of hydrogen-bond donors (Lipinski definition) is 1. The maximum Gasteiger partial charge on any atom is 0.0723 e. The molecule has 0 saturated carbocycles. The number of halogens is 1. The third kappa shape index (κ3) is 3.30. The van der Waals surface area contributed by atoms with Crippen molar-refractivity contribution in [1.82, 2.24) is 0 Å². The molecule has 0 aliphatic carbocycles. The lowest BCUT2D eigenvalue weighted by Crippen LogP contribution is -2.48. The number of nitrogens with zero attached hydrogens (tertiary/aromatic N) is 1. The van der Waals surface area contributed by atoms with E-state index < -0.39 is 0 Å². The maximum absolute atomic E-state index is 5.95. The summed E-state index contributed by atoms with van der Waals surface area (Å²) in [6.45, 7) is 8.10. The van der Waals surface area contributed by atoms with E-state index in [0.29, 0.717) is 6.04 Å². The summed E-state index contributed by atoms with van der Waals surface area (Å²) in [6.07, 6.45) is 1.38. The predicted molar refractivity (Wildman–Crippen MR) is 83.6 cm³/mol. The van der Waals surface area contributed by atoms with Gasteiger partial charge in [-0.2, -0.15) is 0 Å². The highest BCUT2D eigenvalue weighted by Crippen LogP contribution is 2.30. The van der Waals surface area contributed by atoms with Gasteiger partial charge in [-0.25, -0.2) is 0 Å².